The van der Waals surface area contributed by atoms with E-state index in [1.807, 2.05) is 11.8 Å². The van der Waals surface area contributed by atoms with E-state index in [-0.39, 0.29) is 6.61 Å². The van der Waals surface area contributed by atoms with Crippen molar-refractivity contribution in [2.75, 3.05) is 44.1 Å². The second kappa shape index (κ2) is 6.12. The van der Waals surface area contributed by atoms with Gasteiger partial charge in [-0.3, -0.25) is 0 Å². The molecule has 0 aromatic carbocycles. The zero-order valence-corrected chi connectivity index (χ0v) is 9.90. The van der Waals surface area contributed by atoms with Crippen LogP contribution in [0.15, 0.2) is 6.33 Å². The Morgan fingerprint density at radius 3 is 2.75 bits per heavy atom. The molecule has 0 atom stereocenters. The summed E-state index contributed by atoms with van der Waals surface area (Å²) in [5.74, 6) is 1.93. The largest absolute Gasteiger partial charge is 0.490 e. The quantitative estimate of drug-likeness (QED) is 0.729. The highest BCUT2D eigenvalue weighted by Gasteiger charge is 2.15. The van der Waals surface area contributed by atoms with E-state index in [1.54, 1.807) is 14.2 Å². The van der Waals surface area contributed by atoms with E-state index < -0.39 is 0 Å². The lowest BCUT2D eigenvalue weighted by atomic mass is 10.4. The topological polar surface area (TPSA) is 70.5 Å². The molecular formula is C10H18N4O2. The zero-order valence-electron chi connectivity index (χ0n) is 9.90. The maximum Gasteiger partial charge on any atom is 0.204 e. The number of nitrogens with one attached hydrogen (secondary N) is 1. The van der Waals surface area contributed by atoms with Gasteiger partial charge in [-0.15, -0.1) is 0 Å². The Morgan fingerprint density at radius 2 is 2.25 bits per heavy atom. The van der Waals surface area contributed by atoms with Gasteiger partial charge in [-0.1, -0.05) is 0 Å². The predicted octanol–water partition coefficient (Wildman–Crippen LogP) is 0.345. The summed E-state index contributed by atoms with van der Waals surface area (Å²) in [6, 6.07) is 0. The van der Waals surface area contributed by atoms with Gasteiger partial charge in [0.2, 0.25) is 5.75 Å². The van der Waals surface area contributed by atoms with E-state index in [9.17, 15) is 0 Å². The van der Waals surface area contributed by atoms with Crippen LogP contribution >= 0.6 is 0 Å². The van der Waals surface area contributed by atoms with E-state index in [0.717, 1.165) is 6.54 Å². The molecule has 0 radical (unpaired) electrons. The number of likely N-dealkylation sites (N-methyl/N-ethyl adjacent to an activating group) is 1. The van der Waals surface area contributed by atoms with Crippen LogP contribution in [0.4, 0.5) is 11.6 Å². The third kappa shape index (κ3) is 2.52. The highest BCUT2D eigenvalue weighted by atomic mass is 16.5. The van der Waals surface area contributed by atoms with Gasteiger partial charge in [0.1, 0.15) is 6.33 Å². The molecule has 0 amide bonds. The lowest BCUT2D eigenvalue weighted by Gasteiger charge is -2.23. The molecule has 0 saturated heterocycles. The molecule has 6 heteroatoms. The van der Waals surface area contributed by atoms with Crippen molar-refractivity contribution >= 4 is 11.6 Å². The van der Waals surface area contributed by atoms with Crippen molar-refractivity contribution in [3.05, 3.63) is 6.33 Å². The summed E-state index contributed by atoms with van der Waals surface area (Å²) in [5.41, 5.74) is 0. The molecular weight excluding hydrogens is 208 g/mol. The van der Waals surface area contributed by atoms with Gasteiger partial charge in [0.05, 0.1) is 13.7 Å². The summed E-state index contributed by atoms with van der Waals surface area (Å²) >= 11 is 0. The zero-order chi connectivity index (χ0) is 12.0. The fraction of sp³-hybridized carbons (Fsp3) is 0.600. The van der Waals surface area contributed by atoms with Crippen molar-refractivity contribution < 1.29 is 9.84 Å². The van der Waals surface area contributed by atoms with Crippen molar-refractivity contribution in [3.63, 3.8) is 0 Å². The van der Waals surface area contributed by atoms with Gasteiger partial charge >= 0.3 is 0 Å². The summed E-state index contributed by atoms with van der Waals surface area (Å²) in [6.45, 7) is 3.34. The van der Waals surface area contributed by atoms with Crippen LogP contribution in [-0.2, 0) is 0 Å². The van der Waals surface area contributed by atoms with Gasteiger partial charge in [-0.25, -0.2) is 9.97 Å². The van der Waals surface area contributed by atoms with Gasteiger partial charge in [0, 0.05) is 20.1 Å². The molecule has 0 bridgehead atoms. The molecule has 1 aromatic rings. The lowest BCUT2D eigenvalue weighted by Crippen LogP contribution is -2.27. The van der Waals surface area contributed by atoms with Gasteiger partial charge in [0.15, 0.2) is 11.6 Å². The van der Waals surface area contributed by atoms with Crippen LogP contribution in [-0.4, -0.2) is 48.9 Å². The van der Waals surface area contributed by atoms with Crippen LogP contribution in [0.1, 0.15) is 6.92 Å². The minimum absolute atomic E-state index is 0.0793. The molecule has 0 aliphatic heterocycles. The van der Waals surface area contributed by atoms with E-state index in [2.05, 4.69) is 15.3 Å². The van der Waals surface area contributed by atoms with E-state index >= 15 is 0 Å². The highest BCUT2D eigenvalue weighted by molar-refractivity contribution is 5.64. The second-order valence-corrected chi connectivity index (χ2v) is 3.13. The van der Waals surface area contributed by atoms with Crippen LogP contribution in [0.2, 0.25) is 0 Å². The summed E-state index contributed by atoms with van der Waals surface area (Å²) in [5, 5.41) is 11.9. The molecule has 6 nitrogen and oxygen atoms in total. The van der Waals surface area contributed by atoms with Gasteiger partial charge in [0.25, 0.3) is 0 Å². The van der Waals surface area contributed by atoms with Crippen molar-refractivity contribution in [1.29, 1.82) is 0 Å². The number of rotatable bonds is 6. The normalized spacial score (nSPS) is 10.0. The Hall–Kier alpha value is -1.56. The maximum absolute atomic E-state index is 8.98. The van der Waals surface area contributed by atoms with Crippen LogP contribution in [0.3, 0.4) is 0 Å². The van der Waals surface area contributed by atoms with Gasteiger partial charge in [-0.05, 0) is 6.92 Å². The standard InChI is InChI=1S/C10H18N4O2/c1-4-14(5-6-15)10-8(16-3)9(11-2)12-7-13-10/h7,15H,4-6H2,1-3H3,(H,11,12,13). The maximum atomic E-state index is 8.98. The number of aliphatic hydroxyl groups is 1. The molecule has 0 spiro atoms. The summed E-state index contributed by atoms with van der Waals surface area (Å²) < 4.78 is 5.29. The number of aromatic nitrogens is 2. The van der Waals surface area contributed by atoms with Crippen LogP contribution in [0, 0.1) is 0 Å². The van der Waals surface area contributed by atoms with Crippen LogP contribution in [0.5, 0.6) is 5.75 Å². The SMILES string of the molecule is CCN(CCO)c1ncnc(NC)c1OC. The van der Waals surface area contributed by atoms with E-state index in [0.29, 0.717) is 23.9 Å². The Bertz CT molecular complexity index is 333. The summed E-state index contributed by atoms with van der Waals surface area (Å²) in [7, 11) is 3.35. The van der Waals surface area contributed by atoms with Crippen molar-refractivity contribution in [2.45, 2.75) is 6.92 Å². The molecule has 0 saturated carbocycles. The third-order valence-corrected chi connectivity index (χ3v) is 2.28. The average molecular weight is 226 g/mol. The third-order valence-electron chi connectivity index (χ3n) is 2.28. The van der Waals surface area contributed by atoms with Crippen LogP contribution < -0.4 is 15.0 Å². The first-order valence-corrected chi connectivity index (χ1v) is 5.21. The molecule has 1 rings (SSSR count). The first-order valence-electron chi connectivity index (χ1n) is 5.21. The summed E-state index contributed by atoms with van der Waals surface area (Å²) in [6.07, 6.45) is 1.48. The second-order valence-electron chi connectivity index (χ2n) is 3.13. The molecule has 0 fully saturated rings. The van der Waals surface area contributed by atoms with E-state index in [4.69, 9.17) is 9.84 Å². The first kappa shape index (κ1) is 12.5. The molecule has 1 aromatic heterocycles. The number of ether oxygens (including phenoxy) is 1. The minimum Gasteiger partial charge on any atom is -0.490 e. The highest BCUT2D eigenvalue weighted by Crippen LogP contribution is 2.31. The number of aliphatic hydroxyl groups excluding tert-OH is 1. The van der Waals surface area contributed by atoms with Gasteiger partial charge in [-0.2, -0.15) is 0 Å². The Labute approximate surface area is 95.3 Å². The number of hydrogen-bond donors (Lipinski definition) is 2. The van der Waals surface area contributed by atoms with Crippen molar-refractivity contribution in [1.82, 2.24) is 9.97 Å². The molecule has 1 heterocycles. The average Bonchev–Trinajstić information content (AvgIpc) is 2.34. The monoisotopic (exact) mass is 226 g/mol. The first-order chi connectivity index (χ1) is 7.78. The minimum atomic E-state index is 0.0793. The van der Waals surface area contributed by atoms with Crippen molar-refractivity contribution in [3.8, 4) is 5.75 Å². The molecule has 0 aliphatic carbocycles. The smallest absolute Gasteiger partial charge is 0.204 e. The predicted molar refractivity (Wildman–Crippen MR) is 63.1 cm³/mol. The number of hydrogen-bond acceptors (Lipinski definition) is 6. The van der Waals surface area contributed by atoms with Crippen molar-refractivity contribution in [2.24, 2.45) is 0 Å². The summed E-state index contributed by atoms with van der Waals surface area (Å²) in [4.78, 5) is 10.2. The number of methoxy groups -OCH3 is 1. The molecule has 0 aliphatic rings. The number of nitrogens with zero attached hydrogens (tertiary/aromatic N) is 3. The fourth-order valence-electron chi connectivity index (χ4n) is 1.49. The van der Waals surface area contributed by atoms with E-state index in [1.165, 1.54) is 6.33 Å². The van der Waals surface area contributed by atoms with Gasteiger partial charge < -0.3 is 20.1 Å². The Kier molecular flexibility index (Phi) is 4.78. The Morgan fingerprint density at radius 1 is 1.50 bits per heavy atom. The number of anilines is 2. The molecule has 90 valence electrons. The Balaban J connectivity index is 3.09. The molecule has 2 N–H and O–H groups in total. The van der Waals surface area contributed by atoms with Crippen LogP contribution in [0.25, 0.3) is 0 Å². The lowest BCUT2D eigenvalue weighted by molar-refractivity contribution is 0.301. The molecule has 16 heavy (non-hydrogen) atoms. The fourth-order valence-corrected chi connectivity index (χ4v) is 1.49. The molecule has 0 unspecified atom stereocenters.